The Kier molecular flexibility index (Phi) is 5.86. The molecule has 0 atom stereocenters. The molecule has 0 aliphatic heterocycles. The monoisotopic (exact) mass is 353 g/mol. The van der Waals surface area contributed by atoms with Crippen molar-refractivity contribution >= 4 is 0 Å². The van der Waals surface area contributed by atoms with Crippen molar-refractivity contribution in [3.05, 3.63) is 59.8 Å². The molecule has 0 aliphatic rings. The molecule has 1 N–H and O–H groups in total. The summed E-state index contributed by atoms with van der Waals surface area (Å²) in [6.07, 6.45) is 1.30. The summed E-state index contributed by atoms with van der Waals surface area (Å²) in [5.41, 5.74) is 3.95. The molecule has 0 saturated heterocycles. The standard InChI is InChI=1S/C20H23N3O3/c1-25-17-7-3-15(4-8-17)11-13-23-20(19(12-14-24)21-22-23)16-5-9-18(26-2)10-6-16/h3-10,24H,11-14H2,1-2H3. The van der Waals surface area contributed by atoms with Crippen LogP contribution in [0.2, 0.25) is 0 Å². The molecule has 0 spiro atoms. The number of benzene rings is 2. The molecule has 0 unspecified atom stereocenters. The largest absolute Gasteiger partial charge is 0.497 e. The number of aryl methyl sites for hydroxylation is 2. The number of methoxy groups -OCH3 is 2. The molecule has 2 aromatic carbocycles. The van der Waals surface area contributed by atoms with E-state index in [4.69, 9.17) is 9.47 Å². The zero-order valence-electron chi connectivity index (χ0n) is 15.1. The van der Waals surface area contributed by atoms with E-state index in [-0.39, 0.29) is 6.61 Å². The van der Waals surface area contributed by atoms with Crippen LogP contribution in [0.1, 0.15) is 11.3 Å². The van der Waals surface area contributed by atoms with Crippen molar-refractivity contribution in [2.24, 2.45) is 0 Å². The highest BCUT2D eigenvalue weighted by Crippen LogP contribution is 2.25. The quantitative estimate of drug-likeness (QED) is 0.674. The van der Waals surface area contributed by atoms with Gasteiger partial charge in [-0.15, -0.1) is 5.10 Å². The molecular weight excluding hydrogens is 330 g/mol. The molecule has 3 aromatic rings. The van der Waals surface area contributed by atoms with E-state index in [1.807, 2.05) is 41.1 Å². The van der Waals surface area contributed by atoms with E-state index in [0.29, 0.717) is 13.0 Å². The van der Waals surface area contributed by atoms with E-state index < -0.39 is 0 Å². The fourth-order valence-electron chi connectivity index (χ4n) is 2.87. The Balaban J connectivity index is 1.83. The van der Waals surface area contributed by atoms with E-state index in [9.17, 15) is 5.11 Å². The second kappa shape index (κ2) is 8.49. The average Bonchev–Trinajstić information content (AvgIpc) is 3.09. The Morgan fingerprint density at radius 3 is 2.08 bits per heavy atom. The first kappa shape index (κ1) is 17.9. The van der Waals surface area contributed by atoms with Crippen LogP contribution < -0.4 is 9.47 Å². The molecule has 0 aliphatic carbocycles. The lowest BCUT2D eigenvalue weighted by atomic mass is 10.1. The summed E-state index contributed by atoms with van der Waals surface area (Å²) in [6, 6.07) is 15.8. The number of aromatic nitrogens is 3. The van der Waals surface area contributed by atoms with Crippen LogP contribution in [0.4, 0.5) is 0 Å². The molecule has 3 rings (SSSR count). The zero-order chi connectivity index (χ0) is 18.4. The average molecular weight is 353 g/mol. The van der Waals surface area contributed by atoms with Gasteiger partial charge in [-0.25, -0.2) is 4.68 Å². The van der Waals surface area contributed by atoms with Crippen LogP contribution >= 0.6 is 0 Å². The summed E-state index contributed by atoms with van der Waals surface area (Å²) in [6.45, 7) is 0.743. The minimum atomic E-state index is 0.0420. The fraction of sp³-hybridized carbons (Fsp3) is 0.300. The van der Waals surface area contributed by atoms with Crippen molar-refractivity contribution < 1.29 is 14.6 Å². The van der Waals surface area contributed by atoms with Crippen LogP contribution in [0.15, 0.2) is 48.5 Å². The van der Waals surface area contributed by atoms with E-state index in [1.54, 1.807) is 14.2 Å². The molecule has 6 nitrogen and oxygen atoms in total. The van der Waals surface area contributed by atoms with Gasteiger partial charge in [-0.05, 0) is 48.4 Å². The maximum absolute atomic E-state index is 9.33. The Bertz CT molecular complexity index is 827. The molecule has 0 saturated carbocycles. The van der Waals surface area contributed by atoms with Crippen molar-refractivity contribution in [1.29, 1.82) is 0 Å². The van der Waals surface area contributed by atoms with E-state index in [0.717, 1.165) is 34.9 Å². The van der Waals surface area contributed by atoms with Crippen LogP contribution in [0, 0.1) is 0 Å². The first-order valence-electron chi connectivity index (χ1n) is 8.55. The number of aliphatic hydroxyl groups excluding tert-OH is 1. The van der Waals surface area contributed by atoms with Gasteiger partial charge in [0.15, 0.2) is 0 Å². The smallest absolute Gasteiger partial charge is 0.118 e. The van der Waals surface area contributed by atoms with E-state index in [1.165, 1.54) is 5.56 Å². The molecule has 136 valence electrons. The van der Waals surface area contributed by atoms with Gasteiger partial charge in [-0.1, -0.05) is 17.3 Å². The Hall–Kier alpha value is -2.86. The van der Waals surface area contributed by atoms with Gasteiger partial charge in [0.25, 0.3) is 0 Å². The third-order valence-electron chi connectivity index (χ3n) is 4.29. The van der Waals surface area contributed by atoms with Crippen LogP contribution in [0.5, 0.6) is 11.5 Å². The molecule has 1 aromatic heterocycles. The van der Waals surface area contributed by atoms with Crippen molar-refractivity contribution in [3.63, 3.8) is 0 Å². The summed E-state index contributed by atoms with van der Waals surface area (Å²) in [7, 11) is 3.31. The summed E-state index contributed by atoms with van der Waals surface area (Å²) < 4.78 is 12.3. The lowest BCUT2D eigenvalue weighted by molar-refractivity contribution is 0.298. The van der Waals surface area contributed by atoms with E-state index in [2.05, 4.69) is 22.4 Å². The van der Waals surface area contributed by atoms with Gasteiger partial charge in [-0.2, -0.15) is 0 Å². The van der Waals surface area contributed by atoms with Gasteiger partial charge in [0.2, 0.25) is 0 Å². The van der Waals surface area contributed by atoms with Crippen LogP contribution in [0.3, 0.4) is 0 Å². The first-order chi connectivity index (χ1) is 12.7. The van der Waals surface area contributed by atoms with Gasteiger partial charge >= 0.3 is 0 Å². The predicted octanol–water partition coefficient (Wildman–Crippen LogP) is 2.74. The number of hydrogen-bond donors (Lipinski definition) is 1. The van der Waals surface area contributed by atoms with Gasteiger partial charge in [0, 0.05) is 25.1 Å². The number of nitrogens with zero attached hydrogens (tertiary/aromatic N) is 3. The van der Waals surface area contributed by atoms with Gasteiger partial charge < -0.3 is 14.6 Å². The molecule has 0 amide bonds. The van der Waals surface area contributed by atoms with Crippen LogP contribution in [-0.4, -0.2) is 40.9 Å². The van der Waals surface area contributed by atoms with Crippen molar-refractivity contribution in [1.82, 2.24) is 15.0 Å². The van der Waals surface area contributed by atoms with Gasteiger partial charge in [0.05, 0.1) is 25.6 Å². The predicted molar refractivity (Wildman–Crippen MR) is 99.5 cm³/mol. The minimum absolute atomic E-state index is 0.0420. The third kappa shape index (κ3) is 4.03. The highest BCUT2D eigenvalue weighted by atomic mass is 16.5. The number of aliphatic hydroxyl groups is 1. The van der Waals surface area contributed by atoms with Crippen molar-refractivity contribution in [3.8, 4) is 22.8 Å². The van der Waals surface area contributed by atoms with Crippen molar-refractivity contribution in [2.45, 2.75) is 19.4 Å². The maximum atomic E-state index is 9.33. The second-order valence-electron chi connectivity index (χ2n) is 5.91. The summed E-state index contributed by atoms with van der Waals surface area (Å²) >= 11 is 0. The molecule has 26 heavy (non-hydrogen) atoms. The fourth-order valence-corrected chi connectivity index (χ4v) is 2.87. The molecule has 0 bridgehead atoms. The SMILES string of the molecule is COc1ccc(CCn2nnc(CCO)c2-c2ccc(OC)cc2)cc1. The lowest BCUT2D eigenvalue weighted by Crippen LogP contribution is -2.06. The van der Waals surface area contributed by atoms with Crippen LogP contribution in [-0.2, 0) is 19.4 Å². The zero-order valence-corrected chi connectivity index (χ0v) is 15.1. The highest BCUT2D eigenvalue weighted by molar-refractivity contribution is 5.63. The number of hydrogen-bond acceptors (Lipinski definition) is 5. The normalized spacial score (nSPS) is 10.7. The molecule has 0 fully saturated rings. The van der Waals surface area contributed by atoms with Gasteiger partial charge in [0.1, 0.15) is 11.5 Å². The Morgan fingerprint density at radius 1 is 0.885 bits per heavy atom. The Morgan fingerprint density at radius 2 is 1.50 bits per heavy atom. The third-order valence-corrected chi connectivity index (χ3v) is 4.29. The number of ether oxygens (including phenoxy) is 2. The topological polar surface area (TPSA) is 69.4 Å². The summed E-state index contributed by atoms with van der Waals surface area (Å²) in [5.74, 6) is 1.65. The molecule has 1 heterocycles. The Labute approximate surface area is 153 Å². The highest BCUT2D eigenvalue weighted by Gasteiger charge is 2.15. The second-order valence-corrected chi connectivity index (χ2v) is 5.91. The van der Waals surface area contributed by atoms with Crippen molar-refractivity contribution in [2.75, 3.05) is 20.8 Å². The van der Waals surface area contributed by atoms with Gasteiger partial charge in [-0.3, -0.25) is 0 Å². The molecule has 6 heteroatoms. The summed E-state index contributed by atoms with van der Waals surface area (Å²) in [5, 5.41) is 17.9. The maximum Gasteiger partial charge on any atom is 0.118 e. The molecule has 0 radical (unpaired) electrons. The molecular formula is C20H23N3O3. The minimum Gasteiger partial charge on any atom is -0.497 e. The summed E-state index contributed by atoms with van der Waals surface area (Å²) in [4.78, 5) is 0. The van der Waals surface area contributed by atoms with E-state index >= 15 is 0 Å². The lowest BCUT2D eigenvalue weighted by Gasteiger charge is -2.09. The number of rotatable bonds is 8. The van der Waals surface area contributed by atoms with Crippen LogP contribution in [0.25, 0.3) is 11.3 Å². The first-order valence-corrected chi connectivity index (χ1v) is 8.55.